The quantitative estimate of drug-likeness (QED) is 0.848. The summed E-state index contributed by atoms with van der Waals surface area (Å²) in [4.78, 5) is 18.7. The summed E-state index contributed by atoms with van der Waals surface area (Å²) in [6.45, 7) is 5.45. The van der Waals surface area contributed by atoms with Crippen LogP contribution in [-0.4, -0.2) is 32.8 Å². The van der Waals surface area contributed by atoms with E-state index in [0.29, 0.717) is 5.92 Å². The maximum Gasteiger partial charge on any atom is 0.267 e. The Balaban J connectivity index is 1.36. The molecule has 0 bridgehead atoms. The standard InChI is InChI=1S/C16H20N4O2/c1-11-15(17-10-22-11)9-19-6-12(7-19)8-20-16(21)5-13-3-2-4-14(13)18-20/h5,10,12H,2-4,6-9H2,1H3. The zero-order valence-electron chi connectivity index (χ0n) is 12.8. The first-order valence-electron chi connectivity index (χ1n) is 7.90. The minimum absolute atomic E-state index is 0.0476. The summed E-state index contributed by atoms with van der Waals surface area (Å²) in [7, 11) is 0. The number of hydrogen-bond acceptors (Lipinski definition) is 5. The van der Waals surface area contributed by atoms with Crippen molar-refractivity contribution in [3.05, 3.63) is 45.5 Å². The SMILES string of the molecule is Cc1ocnc1CN1CC(Cn2nc3c(cc2=O)CCC3)C1. The van der Waals surface area contributed by atoms with E-state index in [1.54, 1.807) is 10.7 Å². The maximum absolute atomic E-state index is 12.1. The molecule has 4 rings (SSSR count). The summed E-state index contributed by atoms with van der Waals surface area (Å²) in [6.07, 6.45) is 4.64. The molecule has 0 unspecified atom stereocenters. The molecule has 6 nitrogen and oxygen atoms in total. The van der Waals surface area contributed by atoms with Gasteiger partial charge in [0.05, 0.1) is 17.9 Å². The van der Waals surface area contributed by atoms with Crippen LogP contribution in [0.1, 0.15) is 29.1 Å². The van der Waals surface area contributed by atoms with Crippen molar-refractivity contribution in [2.45, 2.75) is 39.3 Å². The first-order valence-corrected chi connectivity index (χ1v) is 7.90. The van der Waals surface area contributed by atoms with E-state index in [9.17, 15) is 4.79 Å². The number of hydrogen-bond donors (Lipinski definition) is 0. The van der Waals surface area contributed by atoms with Gasteiger partial charge in [-0.2, -0.15) is 5.10 Å². The molecule has 0 aromatic carbocycles. The van der Waals surface area contributed by atoms with Crippen LogP contribution in [0.25, 0.3) is 0 Å². The molecule has 2 aliphatic rings. The Kier molecular flexibility index (Phi) is 3.33. The van der Waals surface area contributed by atoms with Crippen molar-refractivity contribution in [2.24, 2.45) is 5.92 Å². The Morgan fingerprint density at radius 1 is 1.36 bits per heavy atom. The lowest BCUT2D eigenvalue weighted by atomic mass is 10.00. The van der Waals surface area contributed by atoms with Gasteiger partial charge < -0.3 is 4.42 Å². The zero-order chi connectivity index (χ0) is 15.1. The van der Waals surface area contributed by atoms with Crippen LogP contribution in [0.3, 0.4) is 0 Å². The molecular weight excluding hydrogens is 280 g/mol. The second-order valence-electron chi connectivity index (χ2n) is 6.41. The molecule has 0 atom stereocenters. The average molecular weight is 300 g/mol. The Labute approximate surface area is 128 Å². The summed E-state index contributed by atoms with van der Waals surface area (Å²) >= 11 is 0. The minimum atomic E-state index is 0.0476. The fourth-order valence-electron chi connectivity index (χ4n) is 3.43. The van der Waals surface area contributed by atoms with Gasteiger partial charge in [-0.05, 0) is 31.7 Å². The molecule has 0 saturated carbocycles. The molecular formula is C16H20N4O2. The third kappa shape index (κ3) is 2.47. The summed E-state index contributed by atoms with van der Waals surface area (Å²) in [5.74, 6) is 1.39. The van der Waals surface area contributed by atoms with Crippen LogP contribution in [0.4, 0.5) is 0 Å². The molecule has 1 fully saturated rings. The number of aryl methyl sites for hydroxylation is 3. The summed E-state index contributed by atoms with van der Waals surface area (Å²) in [5.41, 5.74) is 3.32. The molecule has 2 aromatic heterocycles. The molecule has 22 heavy (non-hydrogen) atoms. The molecule has 3 heterocycles. The van der Waals surface area contributed by atoms with Crippen molar-refractivity contribution in [3.63, 3.8) is 0 Å². The van der Waals surface area contributed by atoms with Gasteiger partial charge in [-0.15, -0.1) is 0 Å². The van der Waals surface area contributed by atoms with E-state index in [1.165, 1.54) is 6.39 Å². The van der Waals surface area contributed by atoms with E-state index >= 15 is 0 Å². The molecule has 0 spiro atoms. The van der Waals surface area contributed by atoms with Crippen LogP contribution in [0.2, 0.25) is 0 Å². The molecule has 0 amide bonds. The van der Waals surface area contributed by atoms with Crippen LogP contribution in [0.15, 0.2) is 21.7 Å². The normalized spacial score (nSPS) is 18.4. The highest BCUT2D eigenvalue weighted by atomic mass is 16.3. The number of aromatic nitrogens is 3. The van der Waals surface area contributed by atoms with Gasteiger partial charge in [0, 0.05) is 31.6 Å². The van der Waals surface area contributed by atoms with Crippen molar-refractivity contribution in [1.82, 2.24) is 19.7 Å². The Morgan fingerprint density at radius 3 is 3.00 bits per heavy atom. The second-order valence-corrected chi connectivity index (χ2v) is 6.41. The van der Waals surface area contributed by atoms with Crippen molar-refractivity contribution in [1.29, 1.82) is 0 Å². The van der Waals surface area contributed by atoms with E-state index in [1.807, 2.05) is 6.92 Å². The average Bonchev–Trinajstić information content (AvgIpc) is 3.05. The molecule has 1 saturated heterocycles. The van der Waals surface area contributed by atoms with Crippen molar-refractivity contribution in [3.8, 4) is 0 Å². The summed E-state index contributed by atoms with van der Waals surface area (Å²) in [6, 6.07) is 1.78. The van der Waals surface area contributed by atoms with Gasteiger partial charge in [0.2, 0.25) is 0 Å². The highest BCUT2D eigenvalue weighted by molar-refractivity contribution is 5.22. The number of fused-ring (bicyclic) bond motifs is 1. The molecule has 0 radical (unpaired) electrons. The van der Waals surface area contributed by atoms with E-state index in [2.05, 4.69) is 15.0 Å². The molecule has 2 aromatic rings. The van der Waals surface area contributed by atoms with Gasteiger partial charge in [0.25, 0.3) is 5.56 Å². The molecule has 1 aliphatic heterocycles. The number of likely N-dealkylation sites (tertiary alicyclic amines) is 1. The Hall–Kier alpha value is -1.95. The lowest BCUT2D eigenvalue weighted by Gasteiger charge is -2.38. The van der Waals surface area contributed by atoms with Gasteiger partial charge in [-0.1, -0.05) is 0 Å². The van der Waals surface area contributed by atoms with Crippen molar-refractivity contribution < 1.29 is 4.42 Å². The van der Waals surface area contributed by atoms with Crippen LogP contribution < -0.4 is 5.56 Å². The van der Waals surface area contributed by atoms with Gasteiger partial charge in [-0.3, -0.25) is 9.69 Å². The summed E-state index contributed by atoms with van der Waals surface area (Å²) < 4.78 is 6.88. The minimum Gasteiger partial charge on any atom is -0.448 e. The zero-order valence-corrected chi connectivity index (χ0v) is 12.8. The summed E-state index contributed by atoms with van der Waals surface area (Å²) in [5, 5.41) is 4.55. The topological polar surface area (TPSA) is 64.2 Å². The highest BCUT2D eigenvalue weighted by Crippen LogP contribution is 2.21. The van der Waals surface area contributed by atoms with E-state index < -0.39 is 0 Å². The van der Waals surface area contributed by atoms with Crippen LogP contribution >= 0.6 is 0 Å². The van der Waals surface area contributed by atoms with Gasteiger partial charge in [0.15, 0.2) is 6.39 Å². The third-order valence-electron chi connectivity index (χ3n) is 4.71. The fourth-order valence-corrected chi connectivity index (χ4v) is 3.43. The van der Waals surface area contributed by atoms with Gasteiger partial charge in [-0.25, -0.2) is 9.67 Å². The molecule has 6 heteroatoms. The number of nitrogens with zero attached hydrogens (tertiary/aromatic N) is 4. The van der Waals surface area contributed by atoms with Crippen molar-refractivity contribution >= 4 is 0 Å². The molecule has 116 valence electrons. The first kappa shape index (κ1) is 13.7. The lowest BCUT2D eigenvalue weighted by molar-refractivity contribution is 0.0749. The van der Waals surface area contributed by atoms with Gasteiger partial charge >= 0.3 is 0 Å². The number of rotatable bonds is 4. The predicted octanol–water partition coefficient (Wildman–Crippen LogP) is 1.16. The predicted molar refractivity (Wildman–Crippen MR) is 80.5 cm³/mol. The maximum atomic E-state index is 12.1. The smallest absolute Gasteiger partial charge is 0.267 e. The number of oxazole rings is 1. The van der Waals surface area contributed by atoms with Crippen LogP contribution in [0, 0.1) is 12.8 Å². The Bertz CT molecular complexity index is 743. The monoisotopic (exact) mass is 300 g/mol. The van der Waals surface area contributed by atoms with Crippen LogP contribution in [-0.2, 0) is 25.9 Å². The van der Waals surface area contributed by atoms with E-state index in [4.69, 9.17) is 4.42 Å². The first-order chi connectivity index (χ1) is 10.7. The second kappa shape index (κ2) is 5.35. The van der Waals surface area contributed by atoms with Crippen molar-refractivity contribution in [2.75, 3.05) is 13.1 Å². The largest absolute Gasteiger partial charge is 0.448 e. The van der Waals surface area contributed by atoms with E-state index in [-0.39, 0.29) is 5.56 Å². The fraction of sp³-hybridized carbons (Fsp3) is 0.562. The van der Waals surface area contributed by atoms with Crippen LogP contribution in [0.5, 0.6) is 0 Å². The molecule has 1 aliphatic carbocycles. The highest BCUT2D eigenvalue weighted by Gasteiger charge is 2.29. The van der Waals surface area contributed by atoms with Gasteiger partial charge in [0.1, 0.15) is 5.76 Å². The molecule has 0 N–H and O–H groups in total. The van der Waals surface area contributed by atoms with E-state index in [0.717, 1.165) is 68.2 Å². The third-order valence-corrected chi connectivity index (χ3v) is 4.71. The lowest BCUT2D eigenvalue weighted by Crippen LogP contribution is -2.49. The Morgan fingerprint density at radius 2 is 2.23 bits per heavy atom.